The van der Waals surface area contributed by atoms with Gasteiger partial charge in [0.25, 0.3) is 0 Å². The Kier molecular flexibility index (Phi) is 7.82. The summed E-state index contributed by atoms with van der Waals surface area (Å²) in [5, 5.41) is 6.61. The molecule has 0 aromatic carbocycles. The van der Waals surface area contributed by atoms with Crippen molar-refractivity contribution in [3.8, 4) is 0 Å². The van der Waals surface area contributed by atoms with Gasteiger partial charge in [0, 0.05) is 37.5 Å². The van der Waals surface area contributed by atoms with Crippen LogP contribution in [0.15, 0.2) is 10.4 Å². The zero-order chi connectivity index (χ0) is 17.4. The largest absolute Gasteiger partial charge is 0.370 e. The highest BCUT2D eigenvalue weighted by atomic mass is 32.1. The van der Waals surface area contributed by atoms with Crippen LogP contribution in [0.1, 0.15) is 58.6 Å². The molecule has 0 amide bonds. The van der Waals surface area contributed by atoms with Crippen LogP contribution in [0.5, 0.6) is 0 Å². The maximum Gasteiger partial charge on any atom is 0.188 e. The fourth-order valence-corrected chi connectivity index (χ4v) is 3.87. The van der Waals surface area contributed by atoms with E-state index in [2.05, 4.69) is 41.4 Å². The number of hydrogen-bond acceptors (Lipinski definition) is 4. The van der Waals surface area contributed by atoms with Crippen LogP contribution in [0.3, 0.4) is 0 Å². The van der Waals surface area contributed by atoms with Crippen molar-refractivity contribution in [3.63, 3.8) is 0 Å². The molecule has 0 spiro atoms. The summed E-state index contributed by atoms with van der Waals surface area (Å²) in [6, 6.07) is 0.383. The zero-order valence-electron chi connectivity index (χ0n) is 15.4. The van der Waals surface area contributed by atoms with Crippen molar-refractivity contribution in [1.29, 1.82) is 0 Å². The molecule has 0 radical (unpaired) electrons. The number of aliphatic imine (C=N–C) groups is 1. The monoisotopic (exact) mass is 351 g/mol. The van der Waals surface area contributed by atoms with E-state index in [0.29, 0.717) is 18.5 Å². The van der Waals surface area contributed by atoms with E-state index in [9.17, 15) is 0 Å². The van der Waals surface area contributed by atoms with Crippen molar-refractivity contribution in [2.75, 3.05) is 24.5 Å². The Morgan fingerprint density at radius 3 is 2.79 bits per heavy atom. The summed E-state index contributed by atoms with van der Waals surface area (Å²) in [6.45, 7) is 9.70. The van der Waals surface area contributed by atoms with Crippen molar-refractivity contribution >= 4 is 22.4 Å². The van der Waals surface area contributed by atoms with Crippen LogP contribution in [-0.4, -0.2) is 36.6 Å². The molecule has 136 valence electrons. The number of rotatable bonds is 9. The van der Waals surface area contributed by atoms with Crippen molar-refractivity contribution in [2.24, 2.45) is 16.6 Å². The lowest BCUT2D eigenvalue weighted by atomic mass is 10.0. The number of hydrogen-bond donors (Lipinski definition) is 2. The Morgan fingerprint density at radius 1 is 1.33 bits per heavy atom. The summed E-state index contributed by atoms with van der Waals surface area (Å²) in [4.78, 5) is 11.5. The summed E-state index contributed by atoms with van der Waals surface area (Å²) in [6.07, 6.45) is 7.07. The van der Waals surface area contributed by atoms with Crippen molar-refractivity contribution in [1.82, 2.24) is 10.3 Å². The predicted molar refractivity (Wildman–Crippen MR) is 105 cm³/mol. The minimum Gasteiger partial charge on any atom is -0.370 e. The smallest absolute Gasteiger partial charge is 0.188 e. The van der Waals surface area contributed by atoms with Crippen LogP contribution in [0.2, 0.25) is 0 Å². The molecule has 24 heavy (non-hydrogen) atoms. The number of thiazole rings is 1. The number of nitrogens with two attached hydrogens (primary N) is 1. The van der Waals surface area contributed by atoms with E-state index in [1.54, 1.807) is 11.3 Å². The highest BCUT2D eigenvalue weighted by molar-refractivity contribution is 7.13. The first kappa shape index (κ1) is 19.0. The van der Waals surface area contributed by atoms with Crippen molar-refractivity contribution < 1.29 is 0 Å². The second-order valence-corrected chi connectivity index (χ2v) is 8.04. The lowest BCUT2D eigenvalue weighted by molar-refractivity contribution is 0.493. The summed E-state index contributed by atoms with van der Waals surface area (Å²) in [7, 11) is 0. The standard InChI is InChI=1S/C18H33N5S/c1-14(2)7-6-8-15(3)21-17(19)20-10-9-16-13-24-18(22-16)23-11-4-5-12-23/h13-15H,4-12H2,1-3H3,(H3,19,20,21). The third-order valence-corrected chi connectivity index (χ3v) is 5.33. The Bertz CT molecular complexity index is 505. The fraction of sp³-hybridized carbons (Fsp3) is 0.778. The Morgan fingerprint density at radius 2 is 2.08 bits per heavy atom. The molecule has 1 atom stereocenters. The van der Waals surface area contributed by atoms with E-state index in [0.717, 1.165) is 42.7 Å². The lowest BCUT2D eigenvalue weighted by Gasteiger charge is -2.15. The fourth-order valence-electron chi connectivity index (χ4n) is 2.96. The van der Waals surface area contributed by atoms with Gasteiger partial charge in [0.1, 0.15) is 0 Å². The first-order valence-electron chi connectivity index (χ1n) is 9.30. The maximum atomic E-state index is 5.99. The maximum absolute atomic E-state index is 5.99. The third-order valence-electron chi connectivity index (χ3n) is 4.38. The average molecular weight is 352 g/mol. The Labute approximate surface area is 150 Å². The molecule has 1 aliphatic rings. The molecule has 0 saturated carbocycles. The van der Waals surface area contributed by atoms with Gasteiger partial charge in [-0.1, -0.05) is 26.7 Å². The van der Waals surface area contributed by atoms with Gasteiger partial charge in [-0.15, -0.1) is 11.3 Å². The summed E-state index contributed by atoms with van der Waals surface area (Å²) >= 11 is 1.75. The molecule has 1 fully saturated rings. The van der Waals surface area contributed by atoms with Gasteiger partial charge in [0.05, 0.1) is 5.69 Å². The van der Waals surface area contributed by atoms with Gasteiger partial charge >= 0.3 is 0 Å². The van der Waals surface area contributed by atoms with Gasteiger partial charge in [-0.2, -0.15) is 0 Å². The van der Waals surface area contributed by atoms with Crippen LogP contribution < -0.4 is 16.0 Å². The van der Waals surface area contributed by atoms with Gasteiger partial charge in [0.2, 0.25) is 0 Å². The topological polar surface area (TPSA) is 66.5 Å². The minimum atomic E-state index is 0.383. The number of nitrogens with zero attached hydrogens (tertiary/aromatic N) is 3. The van der Waals surface area contributed by atoms with Crippen LogP contribution >= 0.6 is 11.3 Å². The molecule has 2 heterocycles. The minimum absolute atomic E-state index is 0.383. The molecule has 1 aromatic rings. The van der Waals surface area contributed by atoms with E-state index in [-0.39, 0.29) is 0 Å². The second-order valence-electron chi connectivity index (χ2n) is 7.20. The summed E-state index contributed by atoms with van der Waals surface area (Å²) < 4.78 is 0. The van der Waals surface area contributed by atoms with E-state index in [1.807, 2.05) is 0 Å². The molecule has 1 aromatic heterocycles. The Balaban J connectivity index is 1.67. The van der Waals surface area contributed by atoms with Crippen LogP contribution in [0.4, 0.5) is 5.13 Å². The molecule has 1 saturated heterocycles. The first-order chi connectivity index (χ1) is 11.5. The molecule has 5 nitrogen and oxygen atoms in total. The van der Waals surface area contributed by atoms with E-state index in [4.69, 9.17) is 10.7 Å². The van der Waals surface area contributed by atoms with E-state index >= 15 is 0 Å². The number of nitrogens with one attached hydrogen (secondary N) is 1. The van der Waals surface area contributed by atoms with Crippen molar-refractivity contribution in [3.05, 3.63) is 11.1 Å². The van der Waals surface area contributed by atoms with Gasteiger partial charge < -0.3 is 16.0 Å². The van der Waals surface area contributed by atoms with Gasteiger partial charge in [-0.05, 0) is 32.1 Å². The highest BCUT2D eigenvalue weighted by Crippen LogP contribution is 2.24. The normalized spacial score (nSPS) is 16.8. The van der Waals surface area contributed by atoms with Crippen molar-refractivity contribution in [2.45, 2.75) is 65.3 Å². The quantitative estimate of drug-likeness (QED) is 0.528. The first-order valence-corrected chi connectivity index (χ1v) is 10.2. The molecule has 0 aliphatic carbocycles. The summed E-state index contributed by atoms with van der Waals surface area (Å²) in [5.41, 5.74) is 7.12. The SMILES string of the molecule is CC(C)CCCC(C)NC(N)=NCCc1csc(N2CCCC2)n1. The van der Waals surface area contributed by atoms with E-state index < -0.39 is 0 Å². The average Bonchev–Trinajstić information content (AvgIpc) is 3.17. The molecule has 1 unspecified atom stereocenters. The highest BCUT2D eigenvalue weighted by Gasteiger charge is 2.15. The van der Waals surface area contributed by atoms with Gasteiger partial charge in [-0.25, -0.2) is 4.98 Å². The van der Waals surface area contributed by atoms with Gasteiger partial charge in [-0.3, -0.25) is 4.99 Å². The van der Waals surface area contributed by atoms with Crippen LogP contribution in [0.25, 0.3) is 0 Å². The number of aromatic nitrogens is 1. The number of guanidine groups is 1. The molecule has 2 rings (SSSR count). The van der Waals surface area contributed by atoms with Crippen LogP contribution in [-0.2, 0) is 6.42 Å². The summed E-state index contributed by atoms with van der Waals surface area (Å²) in [5.74, 6) is 1.33. The third kappa shape index (κ3) is 6.67. The second kappa shape index (κ2) is 9.87. The predicted octanol–water partition coefficient (Wildman–Crippen LogP) is 3.40. The molecule has 6 heteroatoms. The molecular formula is C18H33N5S. The molecule has 0 bridgehead atoms. The number of anilines is 1. The van der Waals surface area contributed by atoms with Gasteiger partial charge in [0.15, 0.2) is 11.1 Å². The molecule has 1 aliphatic heterocycles. The Hall–Kier alpha value is -1.30. The molecular weight excluding hydrogens is 318 g/mol. The van der Waals surface area contributed by atoms with E-state index in [1.165, 1.54) is 25.7 Å². The van der Waals surface area contributed by atoms with Crippen LogP contribution in [0, 0.1) is 5.92 Å². The zero-order valence-corrected chi connectivity index (χ0v) is 16.2. The molecule has 3 N–H and O–H groups in total. The lowest BCUT2D eigenvalue weighted by Crippen LogP contribution is -2.38.